The van der Waals surface area contributed by atoms with Crippen LogP contribution in [0.25, 0.3) is 0 Å². The summed E-state index contributed by atoms with van der Waals surface area (Å²) in [5, 5.41) is 6.63. The molecule has 0 aromatic rings. The predicted octanol–water partition coefficient (Wildman–Crippen LogP) is 1.36. The van der Waals surface area contributed by atoms with Crippen molar-refractivity contribution in [1.29, 1.82) is 0 Å². The standard InChI is InChI=1S/C10H21N3/c1-9(2)5-8-13-10-11-6-3-4-7-12-10/h9H,3-8H2,1-2H3,(H2,11,12,13). The average molecular weight is 183 g/mol. The molecular formula is C10H21N3. The number of nitrogens with one attached hydrogen (secondary N) is 2. The highest BCUT2D eigenvalue weighted by Crippen LogP contribution is 1.97. The minimum absolute atomic E-state index is 0.763. The molecular weight excluding hydrogens is 162 g/mol. The maximum atomic E-state index is 4.41. The van der Waals surface area contributed by atoms with E-state index in [1.165, 1.54) is 19.3 Å². The Morgan fingerprint density at radius 2 is 2.31 bits per heavy atom. The van der Waals surface area contributed by atoms with Gasteiger partial charge in [0.2, 0.25) is 0 Å². The molecule has 3 heteroatoms. The number of aliphatic imine (C=N–C) groups is 1. The van der Waals surface area contributed by atoms with E-state index in [2.05, 4.69) is 29.5 Å². The van der Waals surface area contributed by atoms with Gasteiger partial charge in [0.05, 0.1) is 0 Å². The van der Waals surface area contributed by atoms with Gasteiger partial charge in [0, 0.05) is 19.6 Å². The van der Waals surface area contributed by atoms with Crippen molar-refractivity contribution in [2.24, 2.45) is 10.9 Å². The second kappa shape index (κ2) is 5.84. The third-order valence-corrected chi connectivity index (χ3v) is 2.16. The fourth-order valence-corrected chi connectivity index (χ4v) is 1.29. The van der Waals surface area contributed by atoms with Crippen molar-refractivity contribution < 1.29 is 0 Å². The number of rotatable bonds is 3. The summed E-state index contributed by atoms with van der Waals surface area (Å²) >= 11 is 0. The molecule has 3 nitrogen and oxygen atoms in total. The first-order valence-corrected chi connectivity index (χ1v) is 5.31. The molecule has 0 saturated heterocycles. The van der Waals surface area contributed by atoms with Gasteiger partial charge in [0.25, 0.3) is 0 Å². The van der Waals surface area contributed by atoms with Crippen LogP contribution in [0.5, 0.6) is 0 Å². The SMILES string of the molecule is CC(C)CCNC1=NCCCCN1. The van der Waals surface area contributed by atoms with Gasteiger partial charge < -0.3 is 10.6 Å². The maximum absolute atomic E-state index is 4.41. The Kier molecular flexibility index (Phi) is 4.65. The van der Waals surface area contributed by atoms with Crippen LogP contribution in [0, 0.1) is 5.92 Å². The second-order valence-corrected chi connectivity index (χ2v) is 3.97. The van der Waals surface area contributed by atoms with E-state index in [0.29, 0.717) is 0 Å². The van der Waals surface area contributed by atoms with Crippen LogP contribution in [-0.2, 0) is 0 Å². The Bertz CT molecular complexity index is 164. The van der Waals surface area contributed by atoms with Crippen LogP contribution in [-0.4, -0.2) is 25.6 Å². The summed E-state index contributed by atoms with van der Waals surface area (Å²) in [5.41, 5.74) is 0. The Hall–Kier alpha value is -0.730. The monoisotopic (exact) mass is 183 g/mol. The topological polar surface area (TPSA) is 36.4 Å². The molecule has 76 valence electrons. The van der Waals surface area contributed by atoms with Crippen molar-refractivity contribution >= 4 is 5.96 Å². The van der Waals surface area contributed by atoms with E-state index in [0.717, 1.165) is 31.5 Å². The fraction of sp³-hybridized carbons (Fsp3) is 0.900. The zero-order valence-electron chi connectivity index (χ0n) is 8.77. The number of hydrogen-bond donors (Lipinski definition) is 2. The molecule has 0 unspecified atom stereocenters. The highest BCUT2D eigenvalue weighted by Gasteiger charge is 2.01. The lowest BCUT2D eigenvalue weighted by Crippen LogP contribution is -2.37. The van der Waals surface area contributed by atoms with Crippen LogP contribution in [0.3, 0.4) is 0 Å². The zero-order valence-corrected chi connectivity index (χ0v) is 8.77. The van der Waals surface area contributed by atoms with E-state index in [1.54, 1.807) is 0 Å². The molecule has 1 heterocycles. The van der Waals surface area contributed by atoms with Gasteiger partial charge in [-0.1, -0.05) is 13.8 Å². The van der Waals surface area contributed by atoms with E-state index < -0.39 is 0 Å². The predicted molar refractivity (Wildman–Crippen MR) is 57.0 cm³/mol. The molecule has 0 atom stereocenters. The molecule has 0 fully saturated rings. The molecule has 2 N–H and O–H groups in total. The van der Waals surface area contributed by atoms with Gasteiger partial charge in [-0.3, -0.25) is 4.99 Å². The smallest absolute Gasteiger partial charge is 0.191 e. The van der Waals surface area contributed by atoms with Crippen LogP contribution in [0.15, 0.2) is 4.99 Å². The van der Waals surface area contributed by atoms with E-state index in [9.17, 15) is 0 Å². The summed E-state index contributed by atoms with van der Waals surface area (Å²) in [6.07, 6.45) is 3.65. The van der Waals surface area contributed by atoms with Gasteiger partial charge in [0.15, 0.2) is 5.96 Å². The minimum atomic E-state index is 0.763. The Labute approximate surface area is 81.0 Å². The molecule has 0 spiro atoms. The normalized spacial score (nSPS) is 17.6. The molecule has 0 aliphatic carbocycles. The molecule has 0 aromatic heterocycles. The van der Waals surface area contributed by atoms with E-state index >= 15 is 0 Å². The van der Waals surface area contributed by atoms with Gasteiger partial charge in [-0.05, 0) is 25.2 Å². The Morgan fingerprint density at radius 1 is 1.46 bits per heavy atom. The first kappa shape index (κ1) is 10.4. The lowest BCUT2D eigenvalue weighted by molar-refractivity contribution is 0.574. The van der Waals surface area contributed by atoms with Crippen molar-refractivity contribution in [3.05, 3.63) is 0 Å². The van der Waals surface area contributed by atoms with E-state index in [4.69, 9.17) is 0 Å². The van der Waals surface area contributed by atoms with Crippen molar-refractivity contribution in [3.8, 4) is 0 Å². The molecule has 0 saturated carbocycles. The second-order valence-electron chi connectivity index (χ2n) is 3.97. The lowest BCUT2D eigenvalue weighted by Gasteiger charge is -2.10. The molecule has 1 aliphatic rings. The first-order valence-electron chi connectivity index (χ1n) is 5.31. The number of hydrogen-bond acceptors (Lipinski definition) is 3. The van der Waals surface area contributed by atoms with Gasteiger partial charge in [-0.25, -0.2) is 0 Å². The minimum Gasteiger partial charge on any atom is -0.356 e. The third-order valence-electron chi connectivity index (χ3n) is 2.16. The van der Waals surface area contributed by atoms with Gasteiger partial charge in [0.1, 0.15) is 0 Å². The molecule has 0 amide bonds. The van der Waals surface area contributed by atoms with Crippen molar-refractivity contribution in [1.82, 2.24) is 10.6 Å². The van der Waals surface area contributed by atoms with Crippen molar-refractivity contribution in [2.45, 2.75) is 33.1 Å². The molecule has 0 radical (unpaired) electrons. The highest BCUT2D eigenvalue weighted by atomic mass is 15.2. The molecule has 1 rings (SSSR count). The van der Waals surface area contributed by atoms with Crippen molar-refractivity contribution in [2.75, 3.05) is 19.6 Å². The summed E-state index contributed by atoms with van der Waals surface area (Å²) in [4.78, 5) is 4.41. The van der Waals surface area contributed by atoms with Crippen LogP contribution in [0.4, 0.5) is 0 Å². The first-order chi connectivity index (χ1) is 6.29. The summed E-state index contributed by atoms with van der Waals surface area (Å²) < 4.78 is 0. The Morgan fingerprint density at radius 3 is 3.08 bits per heavy atom. The summed E-state index contributed by atoms with van der Waals surface area (Å²) in [7, 11) is 0. The number of guanidine groups is 1. The van der Waals surface area contributed by atoms with Gasteiger partial charge >= 0.3 is 0 Å². The third kappa shape index (κ3) is 4.76. The number of nitrogens with zero attached hydrogens (tertiary/aromatic N) is 1. The zero-order chi connectivity index (χ0) is 9.52. The quantitative estimate of drug-likeness (QED) is 0.693. The van der Waals surface area contributed by atoms with Crippen LogP contribution < -0.4 is 10.6 Å². The summed E-state index contributed by atoms with van der Waals surface area (Å²) in [5.74, 6) is 1.76. The molecule has 13 heavy (non-hydrogen) atoms. The summed E-state index contributed by atoms with van der Waals surface area (Å²) in [6, 6.07) is 0. The van der Waals surface area contributed by atoms with Crippen molar-refractivity contribution in [3.63, 3.8) is 0 Å². The maximum Gasteiger partial charge on any atom is 0.191 e. The summed E-state index contributed by atoms with van der Waals surface area (Å²) in [6.45, 7) is 7.54. The Balaban J connectivity index is 2.15. The van der Waals surface area contributed by atoms with E-state index in [-0.39, 0.29) is 0 Å². The highest BCUT2D eigenvalue weighted by molar-refractivity contribution is 5.79. The molecule has 1 aliphatic heterocycles. The van der Waals surface area contributed by atoms with Crippen LogP contribution in [0.1, 0.15) is 33.1 Å². The van der Waals surface area contributed by atoms with Gasteiger partial charge in [-0.2, -0.15) is 0 Å². The largest absolute Gasteiger partial charge is 0.356 e. The lowest BCUT2D eigenvalue weighted by atomic mass is 10.1. The van der Waals surface area contributed by atoms with E-state index in [1.807, 2.05) is 0 Å². The molecule has 0 bridgehead atoms. The fourth-order valence-electron chi connectivity index (χ4n) is 1.29. The van der Waals surface area contributed by atoms with Crippen LogP contribution >= 0.6 is 0 Å². The average Bonchev–Trinajstić information content (AvgIpc) is 2.32. The van der Waals surface area contributed by atoms with Gasteiger partial charge in [-0.15, -0.1) is 0 Å². The van der Waals surface area contributed by atoms with Crippen LogP contribution in [0.2, 0.25) is 0 Å². The molecule has 0 aromatic carbocycles.